The quantitative estimate of drug-likeness (QED) is 0.150. The van der Waals surface area contributed by atoms with Gasteiger partial charge in [-0.15, -0.1) is 0 Å². The third kappa shape index (κ3) is 4.06. The summed E-state index contributed by atoms with van der Waals surface area (Å²) in [6, 6.07) is 11.5. The number of Topliss-reactive ketones (excluding diaryl/α,β-unsaturated/α-hetero) is 1. The van der Waals surface area contributed by atoms with Crippen molar-refractivity contribution in [3.63, 3.8) is 0 Å². The lowest BCUT2D eigenvalue weighted by molar-refractivity contribution is -0.385. The molecule has 1 saturated heterocycles. The number of benzene rings is 2. The molecule has 37 heavy (non-hydrogen) atoms. The summed E-state index contributed by atoms with van der Waals surface area (Å²) in [5, 5.41) is 13.1. The summed E-state index contributed by atoms with van der Waals surface area (Å²) in [6.45, 7) is -0.667. The Labute approximate surface area is 228 Å². The summed E-state index contributed by atoms with van der Waals surface area (Å²) in [5.74, 6) is -3.78. The third-order valence-electron chi connectivity index (χ3n) is 7.46. The minimum absolute atomic E-state index is 0.0202. The minimum atomic E-state index is -0.983. The van der Waals surface area contributed by atoms with Gasteiger partial charge in [0, 0.05) is 21.3 Å². The third-order valence-corrected chi connectivity index (χ3v) is 10.7. The minimum Gasteiger partial charge on any atom is -0.497 e. The van der Waals surface area contributed by atoms with Gasteiger partial charge in [-0.05, 0) is 36.5 Å². The number of nitrogens with zero attached hydrogens (tertiary/aromatic N) is 3. The Morgan fingerprint density at radius 3 is 2.27 bits per heavy atom. The van der Waals surface area contributed by atoms with Gasteiger partial charge in [0.1, 0.15) is 17.9 Å². The number of ether oxygens (including phenoxy) is 1. The Balaban J connectivity index is 1.55. The van der Waals surface area contributed by atoms with Crippen molar-refractivity contribution in [3.8, 4) is 5.75 Å². The highest BCUT2D eigenvalue weighted by atomic mass is 79.9. The number of rotatable bonds is 7. The van der Waals surface area contributed by atoms with E-state index in [1.807, 2.05) is 0 Å². The molecule has 2 aromatic carbocycles. The molecule has 2 aromatic rings. The lowest BCUT2D eigenvalue weighted by Gasteiger charge is -2.30. The number of carbonyl (C=O) groups is 4. The molecule has 0 aromatic heterocycles. The number of imide groups is 1. The van der Waals surface area contributed by atoms with Gasteiger partial charge in [-0.2, -0.15) is 5.01 Å². The molecule has 1 heterocycles. The van der Waals surface area contributed by atoms with E-state index in [9.17, 15) is 29.3 Å². The molecule has 1 aliphatic heterocycles. The van der Waals surface area contributed by atoms with E-state index in [1.165, 1.54) is 37.4 Å². The molecule has 2 aliphatic carbocycles. The Kier molecular flexibility index (Phi) is 6.65. The lowest BCUT2D eigenvalue weighted by atomic mass is 9.81. The van der Waals surface area contributed by atoms with E-state index in [0.717, 1.165) is 16.1 Å². The highest BCUT2D eigenvalue weighted by molar-refractivity contribution is 9.12. The maximum atomic E-state index is 13.7. The highest BCUT2D eigenvalue weighted by Gasteiger charge is 2.67. The fourth-order valence-corrected chi connectivity index (χ4v) is 7.65. The number of ketones is 1. The van der Waals surface area contributed by atoms with Gasteiger partial charge in [-0.25, -0.2) is 5.01 Å². The van der Waals surface area contributed by atoms with Gasteiger partial charge in [0.05, 0.1) is 23.9 Å². The van der Waals surface area contributed by atoms with Gasteiger partial charge >= 0.3 is 0 Å². The summed E-state index contributed by atoms with van der Waals surface area (Å²) in [6.07, 6.45) is 0.688. The standard InChI is InChI=1S/C25H21Br2N3O7/c1-37-13-6-4-5-12(9-13)18(31)11-28(23(32)14-7-2-3-8-17(14)30(35)36)29-24(33)19-15-10-16(20(19)25(29)34)22(27)21(15)26/h2-9,15-16,19-22H,10-11H2,1H3/t15-,16-,19-,20-,21-,22+/m1/s1. The van der Waals surface area contributed by atoms with Crippen LogP contribution in [0.5, 0.6) is 5.75 Å². The number of hydrazine groups is 1. The number of methoxy groups -OCH3 is 1. The Morgan fingerprint density at radius 1 is 1.05 bits per heavy atom. The van der Waals surface area contributed by atoms with Crippen LogP contribution >= 0.6 is 31.9 Å². The summed E-state index contributed by atoms with van der Waals surface area (Å²) >= 11 is 7.25. The molecule has 0 unspecified atom stereocenters. The Morgan fingerprint density at radius 2 is 1.68 bits per heavy atom. The Hall–Kier alpha value is -3.12. The molecular formula is C25H21Br2N3O7. The van der Waals surface area contributed by atoms with E-state index in [2.05, 4.69) is 31.9 Å². The predicted molar refractivity (Wildman–Crippen MR) is 137 cm³/mol. The van der Waals surface area contributed by atoms with Crippen LogP contribution in [0.3, 0.4) is 0 Å². The van der Waals surface area contributed by atoms with Crippen molar-refractivity contribution < 1.29 is 28.8 Å². The number of hydrogen-bond acceptors (Lipinski definition) is 7. The maximum Gasteiger partial charge on any atom is 0.282 e. The van der Waals surface area contributed by atoms with Crippen LogP contribution in [-0.2, 0) is 9.59 Å². The molecule has 0 radical (unpaired) electrons. The largest absolute Gasteiger partial charge is 0.497 e. The van der Waals surface area contributed by atoms with Crippen LogP contribution in [0.25, 0.3) is 0 Å². The topological polar surface area (TPSA) is 127 Å². The lowest BCUT2D eigenvalue weighted by Crippen LogP contribution is -2.52. The van der Waals surface area contributed by atoms with Crippen molar-refractivity contribution in [2.75, 3.05) is 13.7 Å². The fraction of sp³-hybridized carbons (Fsp3) is 0.360. The van der Waals surface area contributed by atoms with Crippen molar-refractivity contribution in [3.05, 3.63) is 69.8 Å². The monoisotopic (exact) mass is 633 g/mol. The van der Waals surface area contributed by atoms with Crippen molar-refractivity contribution >= 4 is 61.1 Å². The number of alkyl halides is 2. The van der Waals surface area contributed by atoms with E-state index < -0.39 is 52.5 Å². The molecule has 5 rings (SSSR count). The van der Waals surface area contributed by atoms with Gasteiger partial charge in [-0.1, -0.05) is 56.1 Å². The first-order valence-electron chi connectivity index (χ1n) is 11.5. The average Bonchev–Trinajstić information content (AvgIpc) is 3.51. The zero-order valence-corrected chi connectivity index (χ0v) is 22.6. The summed E-state index contributed by atoms with van der Waals surface area (Å²) in [7, 11) is 1.44. The molecular weight excluding hydrogens is 614 g/mol. The number of hydrogen-bond donors (Lipinski definition) is 0. The molecule has 3 aliphatic rings. The molecule has 0 spiro atoms. The van der Waals surface area contributed by atoms with Gasteiger partial charge in [-0.3, -0.25) is 29.3 Å². The molecule has 3 fully saturated rings. The van der Waals surface area contributed by atoms with E-state index >= 15 is 0 Å². The smallest absolute Gasteiger partial charge is 0.282 e. The second kappa shape index (κ2) is 9.64. The van der Waals surface area contributed by atoms with Crippen molar-refractivity contribution in [1.82, 2.24) is 10.0 Å². The van der Waals surface area contributed by atoms with Crippen LogP contribution in [-0.4, -0.2) is 61.8 Å². The van der Waals surface area contributed by atoms with Crippen LogP contribution in [0.2, 0.25) is 0 Å². The van der Waals surface area contributed by atoms with E-state index in [0.29, 0.717) is 12.2 Å². The number of halogens is 2. The number of carbonyl (C=O) groups excluding carboxylic acids is 4. The first kappa shape index (κ1) is 25.5. The number of nitro benzene ring substituents is 1. The molecule has 2 saturated carbocycles. The Bertz CT molecular complexity index is 1300. The van der Waals surface area contributed by atoms with Crippen LogP contribution in [0.4, 0.5) is 5.69 Å². The number of fused-ring (bicyclic) bond motifs is 5. The van der Waals surface area contributed by atoms with E-state index in [-0.39, 0.29) is 32.6 Å². The summed E-state index contributed by atoms with van der Waals surface area (Å²) in [5.41, 5.74) is -0.629. The summed E-state index contributed by atoms with van der Waals surface area (Å²) in [4.78, 5) is 65.2. The van der Waals surface area contributed by atoms with Gasteiger partial charge < -0.3 is 4.74 Å². The molecule has 10 nitrogen and oxygen atoms in total. The normalized spacial score (nSPS) is 27.8. The van der Waals surface area contributed by atoms with Crippen molar-refractivity contribution in [1.29, 1.82) is 0 Å². The van der Waals surface area contributed by atoms with Gasteiger partial charge in [0.15, 0.2) is 5.78 Å². The van der Waals surface area contributed by atoms with Crippen molar-refractivity contribution in [2.45, 2.75) is 16.1 Å². The van der Waals surface area contributed by atoms with Crippen LogP contribution in [0.1, 0.15) is 27.1 Å². The number of para-hydroxylation sites is 1. The van der Waals surface area contributed by atoms with Gasteiger partial charge in [0.2, 0.25) is 0 Å². The molecule has 0 N–H and O–H groups in total. The van der Waals surface area contributed by atoms with E-state index in [1.54, 1.807) is 12.1 Å². The second-order valence-electron chi connectivity index (χ2n) is 9.28. The van der Waals surface area contributed by atoms with Crippen LogP contribution in [0.15, 0.2) is 48.5 Å². The molecule has 192 valence electrons. The fourth-order valence-electron chi connectivity index (χ4n) is 5.78. The number of amides is 3. The summed E-state index contributed by atoms with van der Waals surface area (Å²) < 4.78 is 5.17. The predicted octanol–water partition coefficient (Wildman–Crippen LogP) is 3.62. The SMILES string of the molecule is COc1cccc(C(=O)CN(C(=O)c2ccccc2[N+](=O)[O-])N2C(=O)[C@@H]3[C@H]4C[C@@H]([C@@H](Br)[C@H]4Br)[C@H]3C2=O)c1. The second-order valence-corrected chi connectivity index (χ2v) is 11.4. The van der Waals surface area contributed by atoms with Crippen molar-refractivity contribution in [2.24, 2.45) is 23.7 Å². The van der Waals surface area contributed by atoms with Crippen LogP contribution in [0, 0.1) is 33.8 Å². The number of nitro groups is 1. The first-order valence-corrected chi connectivity index (χ1v) is 13.4. The molecule has 2 bridgehead atoms. The molecule has 6 atom stereocenters. The molecule has 3 amide bonds. The first-order chi connectivity index (χ1) is 17.6. The average molecular weight is 635 g/mol. The van der Waals surface area contributed by atoms with Crippen LogP contribution < -0.4 is 4.74 Å². The zero-order valence-electron chi connectivity index (χ0n) is 19.5. The maximum absolute atomic E-state index is 13.7. The van der Waals surface area contributed by atoms with E-state index in [4.69, 9.17) is 4.74 Å². The molecule has 12 heteroatoms. The zero-order chi connectivity index (χ0) is 26.6. The van der Waals surface area contributed by atoms with Gasteiger partial charge in [0.25, 0.3) is 23.4 Å². The highest BCUT2D eigenvalue weighted by Crippen LogP contribution is 2.60.